The van der Waals surface area contributed by atoms with Crippen LogP contribution >= 0.6 is 9.90 Å². The molecule has 1 N–H and O–H groups in total. The Morgan fingerprint density at radius 3 is 1.29 bits per heavy atom. The fraction of sp³-hybridized carbons (Fsp3) is 1.00. The fourth-order valence-corrected chi connectivity index (χ4v) is 2.87. The second-order valence-electron chi connectivity index (χ2n) is 4.84. The van der Waals surface area contributed by atoms with Gasteiger partial charge in [-0.2, -0.15) is 9.90 Å². The minimum Gasteiger partial charge on any atom is -0.311 e. The van der Waals surface area contributed by atoms with E-state index in [1.165, 1.54) is 64.2 Å². The van der Waals surface area contributed by atoms with Gasteiger partial charge in [0.05, 0.1) is 0 Å². The van der Waals surface area contributed by atoms with Crippen molar-refractivity contribution in [1.29, 1.82) is 0 Å². The van der Waals surface area contributed by atoms with Gasteiger partial charge in [0.15, 0.2) is 0 Å². The first-order valence-electron chi connectivity index (χ1n) is 6.21. The van der Waals surface area contributed by atoms with Crippen molar-refractivity contribution < 1.29 is 0 Å². The Morgan fingerprint density at radius 2 is 0.929 bits per heavy atom. The van der Waals surface area contributed by atoms with Crippen molar-refractivity contribution in [3.8, 4) is 0 Å². The molecule has 2 aliphatic rings. The van der Waals surface area contributed by atoms with Gasteiger partial charge in [-0.15, -0.1) is 0 Å². The summed E-state index contributed by atoms with van der Waals surface area (Å²) in [4.78, 5) is 0. The number of hydrogen-bond acceptors (Lipinski definition) is 1. The zero-order valence-electron chi connectivity index (χ0n) is 9.43. The summed E-state index contributed by atoms with van der Waals surface area (Å²) in [5.41, 5.74) is 0. The van der Waals surface area contributed by atoms with E-state index >= 15 is 0 Å². The largest absolute Gasteiger partial charge is 0.311 e. The van der Waals surface area contributed by atoms with E-state index in [4.69, 9.17) is 0 Å². The zero-order chi connectivity index (χ0) is 8.93. The molecule has 0 aromatic carbocycles. The molecule has 84 valence electrons. The minimum atomic E-state index is 0. The van der Waals surface area contributed by atoms with Crippen LogP contribution in [0.1, 0.15) is 64.2 Å². The first kappa shape index (κ1) is 12.5. The summed E-state index contributed by atoms with van der Waals surface area (Å²) in [7, 11) is 0. The highest BCUT2D eigenvalue weighted by molar-refractivity contribution is 6.92. The summed E-state index contributed by atoms with van der Waals surface area (Å²) >= 11 is 0. The van der Waals surface area contributed by atoms with E-state index in [0.717, 1.165) is 12.1 Å². The van der Waals surface area contributed by atoms with Crippen LogP contribution in [0.5, 0.6) is 0 Å². The van der Waals surface area contributed by atoms with Gasteiger partial charge in [-0.05, 0) is 25.7 Å². The molecular weight excluding hydrogens is 189 g/mol. The molecule has 0 amide bonds. The van der Waals surface area contributed by atoms with E-state index in [-0.39, 0.29) is 9.90 Å². The molecule has 14 heavy (non-hydrogen) atoms. The molecule has 2 rings (SSSR count). The lowest BCUT2D eigenvalue weighted by Crippen LogP contribution is -2.40. The van der Waals surface area contributed by atoms with Crippen LogP contribution in [0.2, 0.25) is 0 Å². The summed E-state index contributed by atoms with van der Waals surface area (Å²) in [5.74, 6) is 0. The lowest BCUT2D eigenvalue weighted by Gasteiger charge is -2.30. The Bertz CT molecular complexity index is 121. The first-order valence-corrected chi connectivity index (χ1v) is 6.21. The average Bonchev–Trinajstić information content (AvgIpc) is 2.21. The fourth-order valence-electron chi connectivity index (χ4n) is 2.87. The van der Waals surface area contributed by atoms with E-state index in [9.17, 15) is 0 Å². The highest BCUT2D eigenvalue weighted by atomic mass is 31.0. The summed E-state index contributed by atoms with van der Waals surface area (Å²) in [6, 6.07) is 1.74. The maximum atomic E-state index is 3.86. The molecule has 0 saturated heterocycles. The topological polar surface area (TPSA) is 12.0 Å². The van der Waals surface area contributed by atoms with Gasteiger partial charge in [-0.25, -0.2) is 0 Å². The van der Waals surface area contributed by atoms with Crippen molar-refractivity contribution in [2.75, 3.05) is 0 Å². The standard InChI is InChI=1S/C12H23N.H3P/c1-3-7-11(8-4-1)13-12-9-5-2-6-10-12;/h11-13H,1-10H2;1H3. The molecule has 2 aliphatic carbocycles. The van der Waals surface area contributed by atoms with Crippen LogP contribution < -0.4 is 5.32 Å². The van der Waals surface area contributed by atoms with Crippen molar-refractivity contribution in [2.24, 2.45) is 0 Å². The molecule has 0 aliphatic heterocycles. The predicted octanol–water partition coefficient (Wildman–Crippen LogP) is 3.30. The third-order valence-electron chi connectivity index (χ3n) is 3.68. The van der Waals surface area contributed by atoms with E-state index in [1.807, 2.05) is 0 Å². The highest BCUT2D eigenvalue weighted by Gasteiger charge is 2.19. The Morgan fingerprint density at radius 1 is 0.571 bits per heavy atom. The molecular formula is C12H26NP. The number of hydrogen-bond donors (Lipinski definition) is 1. The lowest BCUT2D eigenvalue weighted by molar-refractivity contribution is 0.291. The molecule has 1 unspecified atom stereocenters. The van der Waals surface area contributed by atoms with Crippen LogP contribution in [-0.4, -0.2) is 12.1 Å². The molecule has 2 fully saturated rings. The Kier molecular flexibility index (Phi) is 6.05. The van der Waals surface area contributed by atoms with Crippen LogP contribution in [0.25, 0.3) is 0 Å². The van der Waals surface area contributed by atoms with Gasteiger partial charge in [0.2, 0.25) is 0 Å². The van der Waals surface area contributed by atoms with Crippen LogP contribution in [-0.2, 0) is 0 Å². The van der Waals surface area contributed by atoms with Gasteiger partial charge in [0, 0.05) is 12.1 Å². The molecule has 0 heterocycles. The van der Waals surface area contributed by atoms with E-state index in [2.05, 4.69) is 5.32 Å². The second-order valence-corrected chi connectivity index (χ2v) is 4.84. The number of nitrogens with one attached hydrogen (secondary N) is 1. The molecule has 0 aromatic rings. The SMILES string of the molecule is C1CCC(NC2CCCCC2)CC1.P. The Balaban J connectivity index is 0.000000980. The second kappa shape index (κ2) is 6.80. The smallest absolute Gasteiger partial charge is 0.00696 e. The minimum absolute atomic E-state index is 0. The summed E-state index contributed by atoms with van der Waals surface area (Å²) in [6.07, 6.45) is 14.6. The Labute approximate surface area is 92.0 Å². The maximum absolute atomic E-state index is 3.86. The quantitative estimate of drug-likeness (QED) is 0.697. The van der Waals surface area contributed by atoms with Crippen LogP contribution in [0.4, 0.5) is 0 Å². The van der Waals surface area contributed by atoms with Gasteiger partial charge < -0.3 is 5.32 Å². The van der Waals surface area contributed by atoms with Gasteiger partial charge >= 0.3 is 0 Å². The Hall–Kier alpha value is 0.390. The van der Waals surface area contributed by atoms with Crippen LogP contribution in [0, 0.1) is 0 Å². The normalized spacial score (nSPS) is 25.7. The van der Waals surface area contributed by atoms with Gasteiger partial charge in [-0.3, -0.25) is 0 Å². The van der Waals surface area contributed by atoms with Gasteiger partial charge in [0.1, 0.15) is 0 Å². The van der Waals surface area contributed by atoms with E-state index < -0.39 is 0 Å². The number of rotatable bonds is 2. The summed E-state index contributed by atoms with van der Waals surface area (Å²) in [5, 5.41) is 3.86. The van der Waals surface area contributed by atoms with Crippen molar-refractivity contribution in [3.63, 3.8) is 0 Å². The van der Waals surface area contributed by atoms with Crippen molar-refractivity contribution >= 4 is 9.90 Å². The van der Waals surface area contributed by atoms with E-state index in [1.54, 1.807) is 0 Å². The zero-order valence-corrected chi connectivity index (χ0v) is 10.8. The van der Waals surface area contributed by atoms with Crippen LogP contribution in [0.3, 0.4) is 0 Å². The average molecular weight is 215 g/mol. The molecule has 0 bridgehead atoms. The molecule has 2 saturated carbocycles. The first-order chi connectivity index (χ1) is 6.45. The van der Waals surface area contributed by atoms with Crippen molar-refractivity contribution in [3.05, 3.63) is 0 Å². The molecule has 1 atom stereocenters. The van der Waals surface area contributed by atoms with Gasteiger partial charge in [0.25, 0.3) is 0 Å². The molecule has 0 spiro atoms. The monoisotopic (exact) mass is 215 g/mol. The highest BCUT2D eigenvalue weighted by Crippen LogP contribution is 2.22. The van der Waals surface area contributed by atoms with Crippen LogP contribution in [0.15, 0.2) is 0 Å². The molecule has 1 nitrogen and oxygen atoms in total. The summed E-state index contributed by atoms with van der Waals surface area (Å²) in [6.45, 7) is 0. The lowest BCUT2D eigenvalue weighted by atomic mass is 9.91. The third kappa shape index (κ3) is 3.87. The maximum Gasteiger partial charge on any atom is 0.00696 e. The van der Waals surface area contributed by atoms with E-state index in [0.29, 0.717) is 0 Å². The molecule has 0 radical (unpaired) electrons. The predicted molar refractivity (Wildman–Crippen MR) is 68.0 cm³/mol. The summed E-state index contributed by atoms with van der Waals surface area (Å²) < 4.78 is 0. The molecule has 2 heteroatoms. The molecule has 0 aromatic heterocycles. The van der Waals surface area contributed by atoms with Gasteiger partial charge in [-0.1, -0.05) is 38.5 Å². The van der Waals surface area contributed by atoms with Crippen molar-refractivity contribution in [1.82, 2.24) is 5.32 Å². The van der Waals surface area contributed by atoms with Crippen molar-refractivity contribution in [2.45, 2.75) is 76.3 Å². The third-order valence-corrected chi connectivity index (χ3v) is 3.68.